The van der Waals surface area contributed by atoms with Crippen molar-refractivity contribution in [2.75, 3.05) is 26.2 Å². The summed E-state index contributed by atoms with van der Waals surface area (Å²) in [5.41, 5.74) is 0.151. The summed E-state index contributed by atoms with van der Waals surface area (Å²) in [5, 5.41) is 3.28. The summed E-state index contributed by atoms with van der Waals surface area (Å²) in [6.07, 6.45) is 2.32. The molecule has 1 aromatic carbocycles. The van der Waals surface area contributed by atoms with Gasteiger partial charge in [-0.15, -0.1) is 0 Å². The van der Waals surface area contributed by atoms with Gasteiger partial charge in [0.2, 0.25) is 0 Å². The van der Waals surface area contributed by atoms with Crippen LogP contribution in [0.4, 0.5) is 8.78 Å². The molecule has 1 aliphatic heterocycles. The second kappa shape index (κ2) is 7.14. The lowest BCUT2D eigenvalue weighted by Crippen LogP contribution is -2.37. The molecule has 1 aromatic rings. The van der Waals surface area contributed by atoms with Crippen LogP contribution in [0.2, 0.25) is 0 Å². The number of likely N-dealkylation sites (tertiary alicyclic amines) is 1. The van der Waals surface area contributed by atoms with Gasteiger partial charge in [0.15, 0.2) is 0 Å². The predicted octanol–water partition coefficient (Wildman–Crippen LogP) is 3.35. The van der Waals surface area contributed by atoms with Gasteiger partial charge in [0, 0.05) is 11.6 Å². The van der Waals surface area contributed by atoms with Crippen LogP contribution < -0.4 is 5.32 Å². The SMILES string of the molecule is CCN1CCC(CNC(C)c2c(F)cccc2F)CC1. The standard InChI is InChI=1S/C16H24F2N2/c1-3-20-9-7-13(8-10-20)11-19-12(2)16-14(17)5-4-6-15(16)18/h4-6,12-13,19H,3,7-11H2,1-2H3. The summed E-state index contributed by atoms with van der Waals surface area (Å²) in [5.74, 6) is -0.327. The fraction of sp³-hybridized carbons (Fsp3) is 0.625. The highest BCUT2D eigenvalue weighted by molar-refractivity contribution is 5.22. The van der Waals surface area contributed by atoms with Crippen molar-refractivity contribution in [1.82, 2.24) is 10.2 Å². The van der Waals surface area contributed by atoms with Gasteiger partial charge in [-0.2, -0.15) is 0 Å². The molecule has 20 heavy (non-hydrogen) atoms. The molecule has 112 valence electrons. The Balaban J connectivity index is 1.85. The van der Waals surface area contributed by atoms with Crippen molar-refractivity contribution in [3.8, 4) is 0 Å². The Kier molecular flexibility index (Phi) is 5.49. The van der Waals surface area contributed by atoms with E-state index in [-0.39, 0.29) is 11.6 Å². The van der Waals surface area contributed by atoms with Crippen molar-refractivity contribution in [2.24, 2.45) is 5.92 Å². The minimum atomic E-state index is -0.467. The van der Waals surface area contributed by atoms with Crippen LogP contribution in [0.25, 0.3) is 0 Å². The van der Waals surface area contributed by atoms with Crippen LogP contribution in [0.3, 0.4) is 0 Å². The third-order valence-electron chi connectivity index (χ3n) is 4.30. The van der Waals surface area contributed by atoms with Crippen molar-refractivity contribution < 1.29 is 8.78 Å². The molecule has 0 aromatic heterocycles. The molecule has 0 radical (unpaired) electrons. The topological polar surface area (TPSA) is 15.3 Å². The first-order valence-corrected chi connectivity index (χ1v) is 7.51. The van der Waals surface area contributed by atoms with Crippen LogP contribution in [0.1, 0.15) is 38.3 Å². The molecule has 1 atom stereocenters. The minimum Gasteiger partial charge on any atom is -0.310 e. The van der Waals surface area contributed by atoms with Crippen molar-refractivity contribution in [3.63, 3.8) is 0 Å². The Bertz CT molecular complexity index is 408. The fourth-order valence-electron chi connectivity index (χ4n) is 2.88. The summed E-state index contributed by atoms with van der Waals surface area (Å²) < 4.78 is 27.4. The second-order valence-corrected chi connectivity index (χ2v) is 5.64. The third-order valence-corrected chi connectivity index (χ3v) is 4.30. The molecule has 1 saturated heterocycles. The van der Waals surface area contributed by atoms with Gasteiger partial charge >= 0.3 is 0 Å². The minimum absolute atomic E-state index is 0.151. The molecule has 2 rings (SSSR count). The summed E-state index contributed by atoms with van der Waals surface area (Å²) in [4.78, 5) is 2.44. The van der Waals surface area contributed by atoms with E-state index in [1.807, 2.05) is 6.92 Å². The first-order valence-electron chi connectivity index (χ1n) is 7.51. The van der Waals surface area contributed by atoms with E-state index >= 15 is 0 Å². The van der Waals surface area contributed by atoms with E-state index < -0.39 is 11.6 Å². The molecule has 4 heteroatoms. The summed E-state index contributed by atoms with van der Waals surface area (Å²) >= 11 is 0. The number of benzene rings is 1. The molecule has 0 aliphatic carbocycles. The van der Waals surface area contributed by atoms with E-state index in [4.69, 9.17) is 0 Å². The number of nitrogens with one attached hydrogen (secondary N) is 1. The van der Waals surface area contributed by atoms with Gasteiger partial charge in [-0.05, 0) is 64.0 Å². The van der Waals surface area contributed by atoms with Gasteiger partial charge in [0.25, 0.3) is 0 Å². The molecule has 1 fully saturated rings. The maximum atomic E-state index is 13.7. The van der Waals surface area contributed by atoms with Crippen LogP contribution in [0, 0.1) is 17.6 Å². The Labute approximate surface area is 120 Å². The van der Waals surface area contributed by atoms with Gasteiger partial charge in [0.05, 0.1) is 0 Å². The maximum absolute atomic E-state index is 13.7. The first kappa shape index (κ1) is 15.4. The normalized spacial score (nSPS) is 19.2. The number of nitrogens with zero attached hydrogens (tertiary/aromatic N) is 1. The second-order valence-electron chi connectivity index (χ2n) is 5.64. The molecule has 2 nitrogen and oxygen atoms in total. The molecule has 0 saturated carbocycles. The van der Waals surface area contributed by atoms with Crippen LogP contribution in [0.5, 0.6) is 0 Å². The third kappa shape index (κ3) is 3.76. The van der Waals surface area contributed by atoms with E-state index in [0.29, 0.717) is 5.92 Å². The van der Waals surface area contributed by atoms with Crippen molar-refractivity contribution >= 4 is 0 Å². The molecule has 1 unspecified atom stereocenters. The van der Waals surface area contributed by atoms with Crippen molar-refractivity contribution in [1.29, 1.82) is 0 Å². The van der Waals surface area contributed by atoms with Gasteiger partial charge in [-0.3, -0.25) is 0 Å². The molecular weight excluding hydrogens is 258 g/mol. The smallest absolute Gasteiger partial charge is 0.130 e. The average Bonchev–Trinajstić information content (AvgIpc) is 2.45. The number of hydrogen-bond acceptors (Lipinski definition) is 2. The molecule has 1 aliphatic rings. The lowest BCUT2D eigenvalue weighted by atomic mass is 9.96. The molecule has 0 amide bonds. The molecular formula is C16H24F2N2. The molecule has 1 N–H and O–H groups in total. The van der Waals surface area contributed by atoms with E-state index in [1.54, 1.807) is 0 Å². The van der Waals surface area contributed by atoms with Crippen LogP contribution >= 0.6 is 0 Å². The van der Waals surface area contributed by atoms with E-state index in [0.717, 1.165) is 39.0 Å². The number of halogens is 2. The monoisotopic (exact) mass is 282 g/mol. The molecule has 1 heterocycles. The number of hydrogen-bond donors (Lipinski definition) is 1. The van der Waals surface area contributed by atoms with Crippen LogP contribution in [-0.4, -0.2) is 31.1 Å². The van der Waals surface area contributed by atoms with Gasteiger partial charge in [-0.1, -0.05) is 13.0 Å². The van der Waals surface area contributed by atoms with Gasteiger partial charge in [0.1, 0.15) is 11.6 Å². The average molecular weight is 282 g/mol. The zero-order valence-corrected chi connectivity index (χ0v) is 12.3. The predicted molar refractivity (Wildman–Crippen MR) is 77.6 cm³/mol. The highest BCUT2D eigenvalue weighted by Crippen LogP contribution is 2.22. The van der Waals surface area contributed by atoms with Gasteiger partial charge < -0.3 is 10.2 Å². The first-order chi connectivity index (χ1) is 9.61. The largest absolute Gasteiger partial charge is 0.310 e. The Hall–Kier alpha value is -1.00. The lowest BCUT2D eigenvalue weighted by molar-refractivity contribution is 0.188. The van der Waals surface area contributed by atoms with E-state index in [9.17, 15) is 8.78 Å². The van der Waals surface area contributed by atoms with E-state index in [2.05, 4.69) is 17.1 Å². The molecule has 0 bridgehead atoms. The Morgan fingerprint density at radius 1 is 1.25 bits per heavy atom. The highest BCUT2D eigenvalue weighted by Gasteiger charge is 2.20. The molecule has 0 spiro atoms. The zero-order valence-electron chi connectivity index (χ0n) is 12.3. The van der Waals surface area contributed by atoms with Crippen molar-refractivity contribution in [3.05, 3.63) is 35.4 Å². The Morgan fingerprint density at radius 2 is 1.85 bits per heavy atom. The maximum Gasteiger partial charge on any atom is 0.130 e. The Morgan fingerprint density at radius 3 is 2.40 bits per heavy atom. The lowest BCUT2D eigenvalue weighted by Gasteiger charge is -2.31. The van der Waals surface area contributed by atoms with Gasteiger partial charge in [-0.25, -0.2) is 8.78 Å². The summed E-state index contributed by atoms with van der Waals surface area (Å²) in [6.45, 7) is 8.20. The quantitative estimate of drug-likeness (QED) is 0.891. The fourth-order valence-corrected chi connectivity index (χ4v) is 2.88. The zero-order chi connectivity index (χ0) is 14.5. The number of piperidine rings is 1. The highest BCUT2D eigenvalue weighted by atomic mass is 19.1. The van der Waals surface area contributed by atoms with Crippen molar-refractivity contribution in [2.45, 2.75) is 32.7 Å². The summed E-state index contributed by atoms with van der Waals surface area (Å²) in [7, 11) is 0. The van der Waals surface area contributed by atoms with E-state index in [1.165, 1.54) is 18.2 Å². The van der Waals surface area contributed by atoms with Crippen LogP contribution in [-0.2, 0) is 0 Å². The van der Waals surface area contributed by atoms with Crippen LogP contribution in [0.15, 0.2) is 18.2 Å². The summed E-state index contributed by atoms with van der Waals surface area (Å²) in [6, 6.07) is 3.74. The number of rotatable bonds is 5.